The molecule has 368 valence electrons. The lowest BCUT2D eigenvalue weighted by Gasteiger charge is -2.29. The Balaban J connectivity index is 5.86. The maximum Gasteiger partial charge on any atom is 0.326 e. The number of hydrogen-bond acceptors (Lipinski definition) is 16. The van der Waals surface area contributed by atoms with Crippen molar-refractivity contribution in [3.05, 3.63) is 0 Å². The fraction of sp³-hybridized carbons (Fsp3) is 0.769. The van der Waals surface area contributed by atoms with Gasteiger partial charge in [-0.2, -0.15) is 24.4 Å². The van der Waals surface area contributed by atoms with Gasteiger partial charge in [-0.25, -0.2) is 4.79 Å². The fourth-order valence-corrected chi connectivity index (χ4v) is 6.54. The summed E-state index contributed by atoms with van der Waals surface area (Å²) in [6.45, 7) is 9.77. The second-order valence-electron chi connectivity index (χ2n) is 16.2. The highest BCUT2D eigenvalue weighted by molar-refractivity contribution is 7.98. The van der Waals surface area contributed by atoms with Crippen molar-refractivity contribution in [3.8, 4) is 0 Å². The second kappa shape index (κ2) is 30.8. The molecule has 11 atom stereocenters. The smallest absolute Gasteiger partial charge is 0.326 e. The number of rotatable bonds is 31. The van der Waals surface area contributed by atoms with Gasteiger partial charge < -0.3 is 74.4 Å². The molecule has 0 heterocycles. The number of thiol groups is 1. The summed E-state index contributed by atoms with van der Waals surface area (Å²) >= 11 is 5.62. The van der Waals surface area contributed by atoms with E-state index in [1.54, 1.807) is 27.7 Å². The van der Waals surface area contributed by atoms with Crippen LogP contribution in [0.25, 0.3) is 0 Å². The standard InChI is InChI=1S/C39H72N10O13S2/c1-18(2)15-25(33(55)47-28(19(3)4)36(58)49-30(22(7)52)37(59)43-24(39(61)62)11-9-10-13-40)44-35(57)27(17-63)46-31(53)20(5)42-34(56)26(16-50)45-38(60)29(21(6)51)48-32(54)23(41)12-14-64-8/h18-30,50-52,63H,9-17,40-41H2,1-8H3,(H,42,56)(H,43,59)(H,44,57)(H,45,60)(H,46,53)(H,47,55)(H,48,54)(H,49,58)(H,61,62)/t20-,21+,22+,23-,24-,25-,26-,27-,28-,29-,30-/m0/s1. The minimum atomic E-state index is -1.64. The Bertz CT molecular complexity index is 1560. The van der Waals surface area contributed by atoms with E-state index >= 15 is 0 Å². The topological polar surface area (TPSA) is 383 Å². The number of amides is 8. The van der Waals surface area contributed by atoms with Gasteiger partial charge in [-0.1, -0.05) is 27.7 Å². The van der Waals surface area contributed by atoms with E-state index in [9.17, 15) is 63.6 Å². The average Bonchev–Trinajstić information content (AvgIpc) is 3.21. The van der Waals surface area contributed by atoms with Gasteiger partial charge in [-0.05, 0) is 83.3 Å². The Morgan fingerprint density at radius 2 is 1.03 bits per heavy atom. The Morgan fingerprint density at radius 3 is 1.48 bits per heavy atom. The van der Waals surface area contributed by atoms with Crippen LogP contribution in [0.2, 0.25) is 0 Å². The van der Waals surface area contributed by atoms with Crippen LogP contribution < -0.4 is 54.0 Å². The molecule has 0 rings (SSSR count). The molecule has 23 nitrogen and oxygen atoms in total. The summed E-state index contributed by atoms with van der Waals surface area (Å²) < 4.78 is 0. The van der Waals surface area contributed by atoms with Gasteiger partial charge in [0.1, 0.15) is 48.3 Å². The normalized spacial score (nSPS) is 16.5. The van der Waals surface area contributed by atoms with Crippen LogP contribution in [0.1, 0.15) is 80.6 Å². The van der Waals surface area contributed by atoms with E-state index in [-0.39, 0.29) is 24.5 Å². The zero-order valence-corrected chi connectivity index (χ0v) is 39.6. The predicted molar refractivity (Wildman–Crippen MR) is 241 cm³/mol. The number of aliphatic hydroxyl groups is 3. The number of carbonyl (C=O) groups excluding carboxylic acids is 8. The van der Waals surface area contributed by atoms with Gasteiger partial charge in [0.2, 0.25) is 47.3 Å². The van der Waals surface area contributed by atoms with Crippen LogP contribution in [0.15, 0.2) is 0 Å². The minimum Gasteiger partial charge on any atom is -0.480 e. The molecule has 0 spiro atoms. The second-order valence-corrected chi connectivity index (χ2v) is 17.5. The molecule has 25 heteroatoms. The van der Waals surface area contributed by atoms with Crippen molar-refractivity contribution in [1.29, 1.82) is 0 Å². The molecule has 0 aromatic rings. The molecule has 0 bridgehead atoms. The van der Waals surface area contributed by atoms with E-state index in [1.807, 2.05) is 6.26 Å². The van der Waals surface area contributed by atoms with Crippen molar-refractivity contribution in [1.82, 2.24) is 42.5 Å². The van der Waals surface area contributed by atoms with Gasteiger partial charge in [-0.15, -0.1) is 0 Å². The number of hydrogen-bond donors (Lipinski definition) is 15. The van der Waals surface area contributed by atoms with Crippen LogP contribution in [0, 0.1) is 11.8 Å². The summed E-state index contributed by atoms with van der Waals surface area (Å²) in [5, 5.41) is 59.1. The van der Waals surface area contributed by atoms with Crippen LogP contribution in [0.4, 0.5) is 0 Å². The number of unbranched alkanes of at least 4 members (excludes halogenated alkanes) is 1. The Labute approximate surface area is 384 Å². The third kappa shape index (κ3) is 21.6. The van der Waals surface area contributed by atoms with Gasteiger partial charge in [0, 0.05) is 5.75 Å². The summed E-state index contributed by atoms with van der Waals surface area (Å²) in [5.74, 6) is -9.03. The monoisotopic (exact) mass is 952 g/mol. The van der Waals surface area contributed by atoms with E-state index in [4.69, 9.17) is 11.5 Å². The molecule has 0 unspecified atom stereocenters. The summed E-state index contributed by atoms with van der Waals surface area (Å²) in [6.07, 6.45) is 0.224. The minimum absolute atomic E-state index is 0.0534. The van der Waals surface area contributed by atoms with E-state index in [0.717, 1.165) is 0 Å². The van der Waals surface area contributed by atoms with Crippen LogP contribution in [-0.4, -0.2) is 171 Å². The van der Waals surface area contributed by atoms with Gasteiger partial charge >= 0.3 is 5.97 Å². The van der Waals surface area contributed by atoms with Crippen molar-refractivity contribution in [3.63, 3.8) is 0 Å². The van der Waals surface area contributed by atoms with Crippen molar-refractivity contribution in [2.75, 3.05) is 30.9 Å². The quantitative estimate of drug-likeness (QED) is 0.0230. The first-order chi connectivity index (χ1) is 29.9. The predicted octanol–water partition coefficient (Wildman–Crippen LogP) is -4.44. The lowest BCUT2D eigenvalue weighted by Crippen LogP contribution is -2.62. The number of aliphatic hydroxyl groups excluding tert-OH is 3. The van der Waals surface area contributed by atoms with Gasteiger partial charge in [0.15, 0.2) is 0 Å². The molecule has 0 aliphatic heterocycles. The van der Waals surface area contributed by atoms with E-state index in [2.05, 4.69) is 55.2 Å². The molecule has 8 amide bonds. The third-order valence-electron chi connectivity index (χ3n) is 9.63. The molecule has 0 saturated carbocycles. The molecular weight excluding hydrogens is 881 g/mol. The first-order valence-corrected chi connectivity index (χ1v) is 23.1. The van der Waals surface area contributed by atoms with Crippen molar-refractivity contribution in [2.45, 2.75) is 147 Å². The Morgan fingerprint density at radius 1 is 0.578 bits per heavy atom. The Hall–Kier alpha value is -4.27. The zero-order valence-electron chi connectivity index (χ0n) is 37.8. The van der Waals surface area contributed by atoms with Crippen molar-refractivity contribution < 1.29 is 63.6 Å². The van der Waals surface area contributed by atoms with Crippen LogP contribution in [0.5, 0.6) is 0 Å². The van der Waals surface area contributed by atoms with Gasteiger partial charge in [0.25, 0.3) is 0 Å². The zero-order chi connectivity index (χ0) is 49.4. The fourth-order valence-electron chi connectivity index (χ4n) is 5.79. The Kier molecular flexibility index (Phi) is 28.7. The molecule has 0 aliphatic rings. The highest BCUT2D eigenvalue weighted by Gasteiger charge is 2.36. The lowest BCUT2D eigenvalue weighted by atomic mass is 9.99. The summed E-state index contributed by atoms with van der Waals surface area (Å²) in [6, 6.07) is -12.4. The largest absolute Gasteiger partial charge is 0.480 e. The number of aliphatic carboxylic acids is 1. The van der Waals surface area contributed by atoms with E-state index in [0.29, 0.717) is 31.6 Å². The van der Waals surface area contributed by atoms with E-state index in [1.165, 1.54) is 32.5 Å². The molecule has 0 aromatic heterocycles. The number of nitrogens with one attached hydrogen (secondary N) is 8. The van der Waals surface area contributed by atoms with Crippen LogP contribution in [0.3, 0.4) is 0 Å². The van der Waals surface area contributed by atoms with Crippen LogP contribution in [-0.2, 0) is 43.2 Å². The molecule has 16 N–H and O–H groups in total. The molecular formula is C39H72N10O13S2. The molecule has 0 aliphatic carbocycles. The number of carboxylic acids is 1. The first kappa shape index (κ1) is 59.7. The molecule has 0 saturated heterocycles. The van der Waals surface area contributed by atoms with Gasteiger partial charge in [0.05, 0.1) is 24.9 Å². The van der Waals surface area contributed by atoms with Gasteiger partial charge in [-0.3, -0.25) is 38.4 Å². The third-order valence-corrected chi connectivity index (χ3v) is 10.6. The highest BCUT2D eigenvalue weighted by atomic mass is 32.2. The SMILES string of the molecule is CSCC[C@H](N)C(=O)N[C@H](C(=O)N[C@@H](CO)C(=O)N[C@@H](C)C(=O)N[C@@H](CS)C(=O)N[C@@H](CC(C)C)C(=O)N[C@H](C(=O)N[C@H](C(=O)N[C@@H](CCCCN)C(=O)O)[C@@H](C)O)C(C)C)[C@@H](C)O. The summed E-state index contributed by atoms with van der Waals surface area (Å²) in [7, 11) is 0. The first-order valence-electron chi connectivity index (χ1n) is 21.0. The number of thioether (sulfide) groups is 1. The maximum absolute atomic E-state index is 13.7. The van der Waals surface area contributed by atoms with E-state index < -0.39 is 132 Å². The molecule has 0 radical (unpaired) electrons. The summed E-state index contributed by atoms with van der Waals surface area (Å²) in [4.78, 5) is 117. The average molecular weight is 953 g/mol. The highest BCUT2D eigenvalue weighted by Crippen LogP contribution is 2.11. The van der Waals surface area contributed by atoms with Crippen molar-refractivity contribution >= 4 is 77.6 Å². The molecule has 64 heavy (non-hydrogen) atoms. The van der Waals surface area contributed by atoms with Crippen molar-refractivity contribution in [2.24, 2.45) is 23.3 Å². The lowest BCUT2D eigenvalue weighted by molar-refractivity contribution is -0.143. The number of carbonyl (C=O) groups is 9. The molecule has 0 aromatic carbocycles. The number of nitrogens with two attached hydrogens (primary N) is 2. The molecule has 0 fully saturated rings. The summed E-state index contributed by atoms with van der Waals surface area (Å²) in [5.41, 5.74) is 11.3. The van der Waals surface area contributed by atoms with Crippen LogP contribution >= 0.6 is 24.4 Å². The maximum atomic E-state index is 13.7. The number of carboxylic acid groups (broad SMARTS) is 1.